The number of hydrogen-bond acceptors (Lipinski definition) is 3. The topological polar surface area (TPSA) is 66.5 Å². The van der Waals surface area contributed by atoms with Gasteiger partial charge in [0.1, 0.15) is 0 Å². The molecule has 6 heteroatoms. The number of hydrogen-bond donors (Lipinski definition) is 1. The van der Waals surface area contributed by atoms with Gasteiger partial charge in [-0.25, -0.2) is 13.1 Å². The van der Waals surface area contributed by atoms with E-state index in [0.717, 1.165) is 11.1 Å². The van der Waals surface area contributed by atoms with Crippen LogP contribution in [0, 0.1) is 0 Å². The highest BCUT2D eigenvalue weighted by atomic mass is 32.2. The van der Waals surface area contributed by atoms with Gasteiger partial charge in [0.2, 0.25) is 15.9 Å². The zero-order valence-electron chi connectivity index (χ0n) is 15.3. The Kier molecular flexibility index (Phi) is 6.08. The van der Waals surface area contributed by atoms with Crippen molar-refractivity contribution in [3.8, 4) is 0 Å². The lowest BCUT2D eigenvalue weighted by molar-refractivity contribution is -0.127. The standard InChI is InChI=1S/C21H24N2O3S/c1-17(18-8-4-2-5-9-18)16-21(24)23-14-12-19(13-15-23)22-27(25,26)20-10-6-3-7-11-20/h2-11,16,19,22H,12-15H2,1H3/b17-16-. The van der Waals surface area contributed by atoms with Gasteiger partial charge in [0.25, 0.3) is 0 Å². The van der Waals surface area contributed by atoms with E-state index in [2.05, 4.69) is 4.72 Å². The van der Waals surface area contributed by atoms with Gasteiger partial charge in [-0.3, -0.25) is 4.79 Å². The first-order chi connectivity index (χ1) is 13.0. The number of nitrogens with one attached hydrogen (secondary N) is 1. The molecule has 3 rings (SSSR count). The average molecular weight is 385 g/mol. The number of piperidine rings is 1. The molecule has 1 amide bonds. The van der Waals surface area contributed by atoms with Crippen LogP contribution in [0.5, 0.6) is 0 Å². The summed E-state index contributed by atoms with van der Waals surface area (Å²) in [5, 5.41) is 0. The van der Waals surface area contributed by atoms with Gasteiger partial charge in [0.15, 0.2) is 0 Å². The van der Waals surface area contributed by atoms with Crippen molar-refractivity contribution in [3.05, 3.63) is 72.3 Å². The summed E-state index contributed by atoms with van der Waals surface area (Å²) in [5.41, 5.74) is 1.95. The van der Waals surface area contributed by atoms with Crippen molar-refractivity contribution >= 4 is 21.5 Å². The number of amides is 1. The van der Waals surface area contributed by atoms with E-state index >= 15 is 0 Å². The molecule has 0 aliphatic carbocycles. The van der Waals surface area contributed by atoms with Crippen LogP contribution in [0.3, 0.4) is 0 Å². The number of likely N-dealkylation sites (tertiary alicyclic amines) is 1. The maximum absolute atomic E-state index is 12.5. The highest BCUT2D eigenvalue weighted by molar-refractivity contribution is 7.89. The summed E-state index contributed by atoms with van der Waals surface area (Å²) >= 11 is 0. The lowest BCUT2D eigenvalue weighted by Crippen LogP contribution is -2.46. The maximum atomic E-state index is 12.5. The van der Waals surface area contributed by atoms with Crippen LogP contribution in [-0.2, 0) is 14.8 Å². The number of carbonyl (C=O) groups excluding carboxylic acids is 1. The fourth-order valence-corrected chi connectivity index (χ4v) is 4.49. The van der Waals surface area contributed by atoms with Crippen molar-refractivity contribution in [2.75, 3.05) is 13.1 Å². The number of carbonyl (C=O) groups is 1. The molecule has 5 nitrogen and oxygen atoms in total. The zero-order chi connectivity index (χ0) is 19.3. The van der Waals surface area contributed by atoms with Crippen LogP contribution in [0.2, 0.25) is 0 Å². The van der Waals surface area contributed by atoms with E-state index in [9.17, 15) is 13.2 Å². The van der Waals surface area contributed by atoms with E-state index in [-0.39, 0.29) is 16.8 Å². The minimum atomic E-state index is -3.52. The van der Waals surface area contributed by atoms with Gasteiger partial charge in [0.05, 0.1) is 4.90 Å². The summed E-state index contributed by atoms with van der Waals surface area (Å²) in [6.45, 7) is 3.01. The minimum absolute atomic E-state index is 0.0271. The second-order valence-electron chi connectivity index (χ2n) is 6.73. The summed E-state index contributed by atoms with van der Waals surface area (Å²) < 4.78 is 27.6. The van der Waals surface area contributed by atoms with E-state index in [4.69, 9.17) is 0 Å². The Balaban J connectivity index is 1.56. The Morgan fingerprint density at radius 2 is 1.56 bits per heavy atom. The molecule has 0 atom stereocenters. The lowest BCUT2D eigenvalue weighted by Gasteiger charge is -2.31. The lowest BCUT2D eigenvalue weighted by atomic mass is 10.0. The smallest absolute Gasteiger partial charge is 0.246 e. The molecule has 1 N–H and O–H groups in total. The van der Waals surface area contributed by atoms with Gasteiger partial charge in [-0.1, -0.05) is 48.5 Å². The summed E-state index contributed by atoms with van der Waals surface area (Å²) in [6.07, 6.45) is 2.87. The Labute approximate surface area is 160 Å². The van der Waals surface area contributed by atoms with Crippen molar-refractivity contribution in [2.45, 2.75) is 30.7 Å². The minimum Gasteiger partial charge on any atom is -0.339 e. The molecule has 0 saturated carbocycles. The zero-order valence-corrected chi connectivity index (χ0v) is 16.2. The summed E-state index contributed by atoms with van der Waals surface area (Å²) in [4.78, 5) is 14.6. The highest BCUT2D eigenvalue weighted by Gasteiger charge is 2.26. The maximum Gasteiger partial charge on any atom is 0.246 e. The summed E-state index contributed by atoms with van der Waals surface area (Å²) in [5.74, 6) is -0.0271. The molecule has 1 saturated heterocycles. The van der Waals surface area contributed by atoms with E-state index < -0.39 is 10.0 Å². The van der Waals surface area contributed by atoms with Crippen LogP contribution in [-0.4, -0.2) is 38.4 Å². The number of sulfonamides is 1. The molecule has 2 aromatic rings. The number of nitrogens with zero attached hydrogens (tertiary/aromatic N) is 1. The predicted octanol–water partition coefficient (Wildman–Crippen LogP) is 3.06. The first kappa shape index (κ1) is 19.3. The monoisotopic (exact) mass is 384 g/mol. The number of allylic oxidation sites excluding steroid dienone is 1. The van der Waals surface area contributed by atoms with Crippen molar-refractivity contribution < 1.29 is 13.2 Å². The molecule has 2 aromatic carbocycles. The quantitative estimate of drug-likeness (QED) is 0.806. The van der Waals surface area contributed by atoms with Crippen LogP contribution in [0.4, 0.5) is 0 Å². The van der Waals surface area contributed by atoms with Crippen molar-refractivity contribution in [2.24, 2.45) is 0 Å². The molecule has 1 fully saturated rings. The van der Waals surface area contributed by atoms with Gasteiger partial charge < -0.3 is 4.90 Å². The molecular formula is C21H24N2O3S. The second-order valence-corrected chi connectivity index (χ2v) is 8.44. The average Bonchev–Trinajstić information content (AvgIpc) is 2.69. The van der Waals surface area contributed by atoms with Gasteiger partial charge in [0, 0.05) is 25.2 Å². The van der Waals surface area contributed by atoms with Crippen LogP contribution in [0.1, 0.15) is 25.3 Å². The molecule has 0 radical (unpaired) electrons. The Hall–Kier alpha value is -2.44. The highest BCUT2D eigenvalue weighted by Crippen LogP contribution is 2.17. The molecule has 0 spiro atoms. The molecule has 1 heterocycles. The normalized spacial score (nSPS) is 16.3. The molecule has 0 unspecified atom stereocenters. The van der Waals surface area contributed by atoms with Crippen LogP contribution >= 0.6 is 0 Å². The molecule has 1 aliphatic heterocycles. The third-order valence-corrected chi connectivity index (χ3v) is 6.29. The summed E-state index contributed by atoms with van der Waals surface area (Å²) in [7, 11) is -3.52. The van der Waals surface area contributed by atoms with E-state index in [0.29, 0.717) is 25.9 Å². The fraction of sp³-hybridized carbons (Fsp3) is 0.286. The van der Waals surface area contributed by atoms with Crippen LogP contribution in [0.25, 0.3) is 5.57 Å². The molecule has 0 aromatic heterocycles. The Morgan fingerprint density at radius 3 is 2.15 bits per heavy atom. The van der Waals surface area contributed by atoms with Gasteiger partial charge in [-0.05, 0) is 43.0 Å². The van der Waals surface area contributed by atoms with E-state index in [1.54, 1.807) is 41.3 Å². The Morgan fingerprint density at radius 1 is 1.00 bits per heavy atom. The molecule has 142 valence electrons. The van der Waals surface area contributed by atoms with Crippen molar-refractivity contribution in [1.82, 2.24) is 9.62 Å². The summed E-state index contributed by atoms with van der Waals surface area (Å²) in [6, 6.07) is 18.0. The molecule has 27 heavy (non-hydrogen) atoms. The largest absolute Gasteiger partial charge is 0.339 e. The Bertz CT molecular complexity index is 901. The number of benzene rings is 2. The molecule has 1 aliphatic rings. The van der Waals surface area contributed by atoms with Gasteiger partial charge >= 0.3 is 0 Å². The first-order valence-electron chi connectivity index (χ1n) is 9.06. The van der Waals surface area contributed by atoms with E-state index in [1.165, 1.54) is 0 Å². The predicted molar refractivity (Wildman–Crippen MR) is 106 cm³/mol. The first-order valence-corrected chi connectivity index (χ1v) is 10.5. The SMILES string of the molecule is C/C(=C/C(=O)N1CCC(NS(=O)(=O)c2ccccc2)CC1)c1ccccc1. The molecule has 0 bridgehead atoms. The number of rotatable bonds is 5. The second kappa shape index (κ2) is 8.50. The van der Waals surface area contributed by atoms with E-state index in [1.807, 2.05) is 37.3 Å². The van der Waals surface area contributed by atoms with Crippen molar-refractivity contribution in [3.63, 3.8) is 0 Å². The fourth-order valence-electron chi connectivity index (χ4n) is 3.17. The molecular weight excluding hydrogens is 360 g/mol. The van der Waals surface area contributed by atoms with Crippen LogP contribution in [0.15, 0.2) is 71.6 Å². The van der Waals surface area contributed by atoms with Gasteiger partial charge in [-0.2, -0.15) is 0 Å². The van der Waals surface area contributed by atoms with Crippen molar-refractivity contribution in [1.29, 1.82) is 0 Å². The third kappa shape index (κ3) is 5.05. The third-order valence-electron chi connectivity index (χ3n) is 4.75. The van der Waals surface area contributed by atoms with Gasteiger partial charge in [-0.15, -0.1) is 0 Å². The van der Waals surface area contributed by atoms with Crippen LogP contribution < -0.4 is 4.72 Å².